The van der Waals surface area contributed by atoms with Gasteiger partial charge in [0.2, 0.25) is 5.78 Å². The van der Waals surface area contributed by atoms with Crippen molar-refractivity contribution in [1.29, 1.82) is 0 Å². The number of hydrogen-bond donors (Lipinski definition) is 1. The SMILES string of the molecule is C=CCOc1ccc(/C=C/C(=O)OCC(=O)c2c(C)[nH]c3ccccc23)cc1. The van der Waals surface area contributed by atoms with Gasteiger partial charge in [0.05, 0.1) is 0 Å². The van der Waals surface area contributed by atoms with Crippen molar-refractivity contribution < 1.29 is 19.1 Å². The minimum absolute atomic E-state index is 0.236. The molecule has 0 saturated carbocycles. The third kappa shape index (κ3) is 4.57. The summed E-state index contributed by atoms with van der Waals surface area (Å²) >= 11 is 0. The van der Waals surface area contributed by atoms with Crippen molar-refractivity contribution in [1.82, 2.24) is 4.98 Å². The Bertz CT molecular complexity index is 1030. The number of hydrogen-bond acceptors (Lipinski definition) is 4. The second kappa shape index (κ2) is 8.86. The maximum Gasteiger partial charge on any atom is 0.331 e. The van der Waals surface area contributed by atoms with Crippen LogP contribution in [-0.2, 0) is 9.53 Å². The summed E-state index contributed by atoms with van der Waals surface area (Å²) in [7, 11) is 0. The molecule has 0 atom stereocenters. The molecule has 0 radical (unpaired) electrons. The van der Waals surface area contributed by atoms with Gasteiger partial charge in [-0.15, -0.1) is 0 Å². The number of aromatic nitrogens is 1. The predicted octanol–water partition coefficient (Wildman–Crippen LogP) is 4.48. The predicted molar refractivity (Wildman–Crippen MR) is 109 cm³/mol. The van der Waals surface area contributed by atoms with Gasteiger partial charge < -0.3 is 14.5 Å². The van der Waals surface area contributed by atoms with E-state index in [0.29, 0.717) is 12.2 Å². The van der Waals surface area contributed by atoms with E-state index in [0.717, 1.165) is 27.9 Å². The van der Waals surface area contributed by atoms with Gasteiger partial charge in [-0.3, -0.25) is 4.79 Å². The number of H-pyrrole nitrogens is 1. The molecule has 5 heteroatoms. The molecule has 3 aromatic rings. The molecule has 0 bridgehead atoms. The quantitative estimate of drug-likeness (QED) is 0.273. The van der Waals surface area contributed by atoms with Crippen LogP contribution in [0.3, 0.4) is 0 Å². The zero-order valence-corrected chi connectivity index (χ0v) is 15.6. The zero-order valence-electron chi connectivity index (χ0n) is 15.6. The first-order chi connectivity index (χ1) is 13.6. The van der Waals surface area contributed by atoms with Crippen LogP contribution < -0.4 is 4.74 Å². The van der Waals surface area contributed by atoms with E-state index in [1.165, 1.54) is 6.08 Å². The van der Waals surface area contributed by atoms with Crippen molar-refractivity contribution in [3.63, 3.8) is 0 Å². The first-order valence-corrected chi connectivity index (χ1v) is 8.87. The fourth-order valence-electron chi connectivity index (χ4n) is 2.89. The molecular weight excluding hydrogens is 354 g/mol. The van der Waals surface area contributed by atoms with Crippen molar-refractivity contribution >= 4 is 28.7 Å². The lowest BCUT2D eigenvalue weighted by atomic mass is 10.1. The third-order valence-corrected chi connectivity index (χ3v) is 4.18. The molecule has 0 aliphatic rings. The number of carbonyl (C=O) groups is 2. The second-order valence-electron chi connectivity index (χ2n) is 6.20. The molecule has 0 unspecified atom stereocenters. The molecule has 0 aliphatic heterocycles. The van der Waals surface area contributed by atoms with Crippen molar-refractivity contribution in [2.45, 2.75) is 6.92 Å². The average Bonchev–Trinajstić information content (AvgIpc) is 3.05. The molecule has 1 N–H and O–H groups in total. The van der Waals surface area contributed by atoms with E-state index in [-0.39, 0.29) is 12.4 Å². The van der Waals surface area contributed by atoms with Gasteiger partial charge in [-0.05, 0) is 36.8 Å². The maximum atomic E-state index is 12.5. The van der Waals surface area contributed by atoms with E-state index in [4.69, 9.17) is 9.47 Å². The minimum atomic E-state index is -0.571. The van der Waals surface area contributed by atoms with Crippen molar-refractivity contribution in [2.24, 2.45) is 0 Å². The summed E-state index contributed by atoms with van der Waals surface area (Å²) in [6.45, 7) is 5.56. The molecule has 1 heterocycles. The number of aromatic amines is 1. The number of Topliss-reactive ketones (excluding diaryl/α,β-unsaturated/α-hetero) is 1. The molecular formula is C23H21NO4. The van der Waals surface area contributed by atoms with E-state index in [9.17, 15) is 9.59 Å². The van der Waals surface area contributed by atoms with Gasteiger partial charge in [-0.25, -0.2) is 4.79 Å². The standard InChI is InChI=1S/C23H21NO4/c1-3-14-27-18-11-8-17(9-12-18)10-13-22(26)28-15-21(25)23-16(2)24-20-7-5-4-6-19(20)23/h3-13,24H,1,14-15H2,2H3/b13-10+. The summed E-state index contributed by atoms with van der Waals surface area (Å²) in [6, 6.07) is 14.8. The van der Waals surface area contributed by atoms with Crippen LogP contribution in [0.4, 0.5) is 0 Å². The zero-order chi connectivity index (χ0) is 19.9. The second-order valence-corrected chi connectivity index (χ2v) is 6.20. The molecule has 0 aliphatic carbocycles. The molecule has 0 saturated heterocycles. The number of ether oxygens (including phenoxy) is 2. The highest BCUT2D eigenvalue weighted by atomic mass is 16.5. The molecule has 3 rings (SSSR count). The topological polar surface area (TPSA) is 68.4 Å². The summed E-state index contributed by atoms with van der Waals surface area (Å²) in [4.78, 5) is 27.6. The van der Waals surface area contributed by atoms with Gasteiger partial charge >= 0.3 is 5.97 Å². The average molecular weight is 375 g/mol. The summed E-state index contributed by atoms with van der Waals surface area (Å²) in [6.07, 6.45) is 4.60. The lowest BCUT2D eigenvalue weighted by molar-refractivity contribution is -0.136. The Morgan fingerprint density at radius 1 is 1.11 bits per heavy atom. The van der Waals surface area contributed by atoms with Crippen LogP contribution in [0.1, 0.15) is 21.6 Å². The van der Waals surface area contributed by atoms with Gasteiger partial charge in [0.1, 0.15) is 12.4 Å². The summed E-state index contributed by atoms with van der Waals surface area (Å²) < 4.78 is 10.5. The monoisotopic (exact) mass is 375 g/mol. The molecule has 0 amide bonds. The molecule has 142 valence electrons. The number of esters is 1. The molecule has 0 spiro atoms. The highest BCUT2D eigenvalue weighted by Crippen LogP contribution is 2.22. The van der Waals surface area contributed by atoms with Gasteiger partial charge in [0.25, 0.3) is 0 Å². The lowest BCUT2D eigenvalue weighted by Crippen LogP contribution is -2.13. The van der Waals surface area contributed by atoms with Gasteiger partial charge in [0.15, 0.2) is 6.61 Å². The van der Waals surface area contributed by atoms with Crippen LogP contribution in [0.25, 0.3) is 17.0 Å². The Morgan fingerprint density at radius 2 is 1.86 bits per heavy atom. The number of para-hydroxylation sites is 1. The lowest BCUT2D eigenvalue weighted by Gasteiger charge is -2.03. The Kier molecular flexibility index (Phi) is 6.07. The molecule has 1 aromatic heterocycles. The highest BCUT2D eigenvalue weighted by Gasteiger charge is 2.16. The minimum Gasteiger partial charge on any atom is -0.490 e. The van der Waals surface area contributed by atoms with Crippen LogP contribution in [0, 0.1) is 6.92 Å². The Labute approximate surface area is 163 Å². The third-order valence-electron chi connectivity index (χ3n) is 4.18. The number of fused-ring (bicyclic) bond motifs is 1. The normalized spacial score (nSPS) is 10.9. The number of nitrogens with one attached hydrogen (secondary N) is 1. The van der Waals surface area contributed by atoms with Crippen LogP contribution >= 0.6 is 0 Å². The van der Waals surface area contributed by atoms with Gasteiger partial charge in [-0.2, -0.15) is 0 Å². The number of ketones is 1. The number of benzene rings is 2. The van der Waals surface area contributed by atoms with Crippen LogP contribution in [0.15, 0.2) is 67.3 Å². The van der Waals surface area contributed by atoms with Gasteiger partial charge in [0, 0.05) is 28.2 Å². The van der Waals surface area contributed by atoms with E-state index in [2.05, 4.69) is 11.6 Å². The highest BCUT2D eigenvalue weighted by molar-refractivity contribution is 6.10. The first kappa shape index (κ1) is 19.2. The van der Waals surface area contributed by atoms with Crippen molar-refractivity contribution in [2.75, 3.05) is 13.2 Å². The van der Waals surface area contributed by atoms with Crippen LogP contribution in [0.2, 0.25) is 0 Å². The number of rotatable bonds is 8. The van der Waals surface area contributed by atoms with E-state index < -0.39 is 5.97 Å². The molecule has 0 fully saturated rings. The maximum absolute atomic E-state index is 12.5. The largest absolute Gasteiger partial charge is 0.490 e. The van der Waals surface area contributed by atoms with Gasteiger partial charge in [-0.1, -0.05) is 43.0 Å². The summed E-state index contributed by atoms with van der Waals surface area (Å²) in [5, 5.41) is 0.829. The molecule has 28 heavy (non-hydrogen) atoms. The molecule has 5 nitrogen and oxygen atoms in total. The van der Waals surface area contributed by atoms with E-state index in [1.807, 2.05) is 43.3 Å². The van der Waals surface area contributed by atoms with Crippen molar-refractivity contribution in [3.8, 4) is 5.75 Å². The smallest absolute Gasteiger partial charge is 0.331 e. The number of aryl methyl sites for hydroxylation is 1. The first-order valence-electron chi connectivity index (χ1n) is 8.87. The van der Waals surface area contributed by atoms with E-state index >= 15 is 0 Å². The fraction of sp³-hybridized carbons (Fsp3) is 0.130. The Balaban J connectivity index is 1.57. The van der Waals surface area contributed by atoms with Crippen molar-refractivity contribution in [3.05, 3.63) is 84.1 Å². The Morgan fingerprint density at radius 3 is 2.61 bits per heavy atom. The Hall–Kier alpha value is -3.60. The summed E-state index contributed by atoms with van der Waals surface area (Å²) in [5.74, 6) is -0.0856. The molecule has 2 aromatic carbocycles. The number of carbonyl (C=O) groups excluding carboxylic acids is 2. The summed E-state index contributed by atoms with van der Waals surface area (Å²) in [5.41, 5.74) is 3.02. The van der Waals surface area contributed by atoms with Crippen LogP contribution in [0.5, 0.6) is 5.75 Å². The van der Waals surface area contributed by atoms with E-state index in [1.54, 1.807) is 24.3 Å². The fourth-order valence-corrected chi connectivity index (χ4v) is 2.89. The van der Waals surface area contributed by atoms with Crippen LogP contribution in [-0.4, -0.2) is 30.0 Å².